The maximum absolute atomic E-state index is 12.2. The molecular formula is C19H32N8O9P2S2. The van der Waals surface area contributed by atoms with Crippen LogP contribution in [0.1, 0.15) is 19.3 Å². The summed E-state index contributed by atoms with van der Waals surface area (Å²) in [6.07, 6.45) is 1.75. The molecule has 5 aliphatic rings. The minimum Gasteiger partial charge on any atom is -0.365 e. The van der Waals surface area contributed by atoms with Crippen molar-refractivity contribution in [1.29, 1.82) is 0 Å². The van der Waals surface area contributed by atoms with Crippen LogP contribution >= 0.6 is 13.4 Å². The molecule has 21 heteroatoms. The molecule has 5 rings (SSSR count). The zero-order valence-corrected chi connectivity index (χ0v) is 24.4. The van der Waals surface area contributed by atoms with E-state index in [-0.39, 0.29) is 25.7 Å². The Kier molecular flexibility index (Phi) is 9.16. The van der Waals surface area contributed by atoms with Gasteiger partial charge in [-0.05, 0) is 42.5 Å². The fourth-order valence-electron chi connectivity index (χ4n) is 4.83. The van der Waals surface area contributed by atoms with Crippen molar-refractivity contribution in [1.82, 2.24) is 25.8 Å². The highest BCUT2D eigenvalue weighted by molar-refractivity contribution is 8.07. The third-order valence-corrected chi connectivity index (χ3v) is 9.09. The lowest BCUT2D eigenvalue weighted by Gasteiger charge is -2.30. The number of carbonyl (C=O) groups excluding carboxylic acids is 1. The number of nitrogens with zero attached hydrogens (tertiary/aromatic N) is 3. The van der Waals surface area contributed by atoms with Crippen LogP contribution < -0.4 is 27.4 Å². The lowest BCUT2D eigenvalue weighted by molar-refractivity contribution is -0.0637. The number of nitrogens with two attached hydrogens (primary N) is 2. The molecule has 2 fully saturated rings. The number of hydrogen-bond acceptors (Lipinski definition) is 14. The smallest absolute Gasteiger partial charge is 0.325 e. The van der Waals surface area contributed by atoms with E-state index in [1.165, 1.54) is 11.2 Å². The zero-order chi connectivity index (χ0) is 28.7. The summed E-state index contributed by atoms with van der Waals surface area (Å²) in [6, 6.07) is -0.370. The third-order valence-electron chi connectivity index (χ3n) is 6.71. The molecule has 2 saturated heterocycles. The van der Waals surface area contributed by atoms with Crippen molar-refractivity contribution in [2.45, 2.75) is 62.4 Å². The Labute approximate surface area is 240 Å². The molecule has 5 heterocycles. The number of nitrogens with one attached hydrogen (secondary N) is 3. The molecule has 0 aromatic heterocycles. The maximum Gasteiger partial charge on any atom is 0.325 e. The topological polar surface area (TPSA) is 231 Å². The lowest BCUT2D eigenvalue weighted by atomic mass is 10.2. The number of hydrogen-bond donors (Lipinski definition) is 8. The number of amides is 2. The third kappa shape index (κ3) is 7.19. The second kappa shape index (κ2) is 12.1. The van der Waals surface area contributed by atoms with Crippen LogP contribution in [0.3, 0.4) is 0 Å². The van der Waals surface area contributed by atoms with Gasteiger partial charge in [0.05, 0.1) is 50.3 Å². The van der Waals surface area contributed by atoms with E-state index in [9.17, 15) is 19.5 Å². The predicted molar refractivity (Wildman–Crippen MR) is 147 cm³/mol. The first-order chi connectivity index (χ1) is 18.9. The van der Waals surface area contributed by atoms with E-state index < -0.39 is 56.5 Å². The second-order valence-corrected chi connectivity index (χ2v) is 15.0. The van der Waals surface area contributed by atoms with Crippen molar-refractivity contribution in [3.8, 4) is 0 Å². The first kappa shape index (κ1) is 30.2. The maximum atomic E-state index is 12.2. The van der Waals surface area contributed by atoms with Crippen LogP contribution in [0.2, 0.25) is 0 Å². The molecule has 40 heavy (non-hydrogen) atoms. The molecule has 0 saturated carbocycles. The minimum absolute atomic E-state index is 0.0683. The summed E-state index contributed by atoms with van der Waals surface area (Å²) in [5.74, 6) is 0.581. The van der Waals surface area contributed by atoms with E-state index in [0.717, 1.165) is 0 Å². The summed E-state index contributed by atoms with van der Waals surface area (Å²) in [4.78, 5) is 49.8. The fourth-order valence-corrected chi connectivity index (χ4v) is 6.85. The van der Waals surface area contributed by atoms with Crippen LogP contribution in [-0.4, -0.2) is 99.8 Å². The SMILES string of the molecule is NC1C=CN([C@H]2CC[C@@H](COP(O)(=S)O[C@@H]3C[C@H](N4CNC5=C4N=CNC5N)O[C@@H]3COP(O)(O)=S)O2)C(=O)N1. The van der Waals surface area contributed by atoms with Crippen LogP contribution in [0.4, 0.5) is 4.79 Å². The van der Waals surface area contributed by atoms with E-state index >= 15 is 0 Å². The summed E-state index contributed by atoms with van der Waals surface area (Å²) in [7, 11) is 0. The highest BCUT2D eigenvalue weighted by atomic mass is 32.5. The van der Waals surface area contributed by atoms with Gasteiger partial charge in [-0.3, -0.25) is 4.90 Å². The second-order valence-electron chi connectivity index (χ2n) is 9.52. The molecule has 0 aromatic carbocycles. The number of rotatable bonds is 10. The molecule has 0 aromatic rings. The van der Waals surface area contributed by atoms with Crippen molar-refractivity contribution >= 4 is 49.4 Å². The molecule has 0 radical (unpaired) electrons. The highest BCUT2D eigenvalue weighted by Gasteiger charge is 2.45. The van der Waals surface area contributed by atoms with Gasteiger partial charge in [-0.1, -0.05) is 0 Å². The molecule has 0 bridgehead atoms. The first-order valence-electron chi connectivity index (χ1n) is 12.4. The van der Waals surface area contributed by atoms with Gasteiger partial charge in [0.25, 0.3) is 0 Å². The Balaban J connectivity index is 1.19. The van der Waals surface area contributed by atoms with Gasteiger partial charge in [0, 0.05) is 12.6 Å². The van der Waals surface area contributed by atoms with Gasteiger partial charge in [-0.15, -0.1) is 0 Å². The molecular weight excluding hydrogens is 610 g/mol. The lowest BCUT2D eigenvalue weighted by Crippen LogP contribution is -2.52. The number of aliphatic imine (C=N–C) groups is 1. The Bertz CT molecular complexity index is 1170. The molecule has 0 aliphatic carbocycles. The number of urea groups is 1. The Morgan fingerprint density at radius 1 is 1.15 bits per heavy atom. The number of carbonyl (C=O) groups is 1. The van der Waals surface area contributed by atoms with Crippen molar-refractivity contribution in [2.24, 2.45) is 16.5 Å². The van der Waals surface area contributed by atoms with Crippen LogP contribution in [-0.2, 0) is 46.7 Å². The molecule has 224 valence electrons. The normalized spacial score (nSPS) is 35.4. The minimum atomic E-state index is -3.98. The van der Waals surface area contributed by atoms with E-state index in [1.54, 1.807) is 12.3 Å². The van der Waals surface area contributed by atoms with Crippen molar-refractivity contribution < 1.29 is 42.5 Å². The van der Waals surface area contributed by atoms with Crippen LogP contribution in [0.25, 0.3) is 0 Å². The largest absolute Gasteiger partial charge is 0.365 e. The quantitative estimate of drug-likeness (QED) is 0.123. The van der Waals surface area contributed by atoms with E-state index in [1.807, 2.05) is 4.90 Å². The fraction of sp³-hybridized carbons (Fsp3) is 0.684. The van der Waals surface area contributed by atoms with Crippen LogP contribution in [0, 0.1) is 0 Å². The number of ether oxygens (including phenoxy) is 2. The summed E-state index contributed by atoms with van der Waals surface area (Å²) < 4.78 is 28.5. The first-order valence-corrected chi connectivity index (χ1v) is 17.6. The van der Waals surface area contributed by atoms with Gasteiger partial charge in [0.2, 0.25) is 0 Å². The zero-order valence-electron chi connectivity index (χ0n) is 21.0. The van der Waals surface area contributed by atoms with E-state index in [2.05, 4.69) is 32.7 Å². The summed E-state index contributed by atoms with van der Waals surface area (Å²) in [6.45, 7) is -7.84. The Hall–Kier alpha value is -1.28. The monoisotopic (exact) mass is 642 g/mol. The van der Waals surface area contributed by atoms with Gasteiger partial charge >= 0.3 is 19.5 Å². The van der Waals surface area contributed by atoms with Crippen molar-refractivity contribution in [3.63, 3.8) is 0 Å². The van der Waals surface area contributed by atoms with Gasteiger partial charge in [-0.2, -0.15) is 0 Å². The van der Waals surface area contributed by atoms with Crippen molar-refractivity contribution in [3.05, 3.63) is 23.8 Å². The highest BCUT2D eigenvalue weighted by Crippen LogP contribution is 2.49. The molecule has 0 spiro atoms. The molecule has 10 N–H and O–H groups in total. The van der Waals surface area contributed by atoms with Gasteiger partial charge < -0.3 is 70.0 Å². The summed E-state index contributed by atoms with van der Waals surface area (Å²) >= 11 is 9.83. The average Bonchev–Trinajstić information content (AvgIpc) is 3.60. The standard InChI is InChI=1S/C19H32N8O9P2S2/c20-13-3-4-26(19(28)25-13)14-2-1-10(34-14)6-33-38(31,40)36-11-5-15(35-12(11)7-32-37(29,30)39)27-9-24-16-17(21)22-8-23-18(16)27/h3-4,8,10-15,17,24H,1-2,5-7,9,20-21H2,(H,22,23)(H,25,28)(H,31,40)(H2,29,30,39)/t10-,11+,12+,13?,14+,15+,17?,38?/m0/s1. The molecule has 5 aliphatic heterocycles. The molecule has 17 nitrogen and oxygen atoms in total. The van der Waals surface area contributed by atoms with E-state index in [4.69, 9.17) is 46.3 Å². The Morgan fingerprint density at radius 3 is 2.70 bits per heavy atom. The Morgan fingerprint density at radius 2 is 1.95 bits per heavy atom. The molecule has 3 unspecified atom stereocenters. The molecule has 8 atom stereocenters. The van der Waals surface area contributed by atoms with E-state index in [0.29, 0.717) is 31.0 Å². The summed E-state index contributed by atoms with van der Waals surface area (Å²) in [5.41, 5.74) is 12.4. The predicted octanol–water partition coefficient (Wildman–Crippen LogP) is -1.78. The average molecular weight is 643 g/mol. The van der Waals surface area contributed by atoms with Gasteiger partial charge in [0.15, 0.2) is 5.82 Å². The van der Waals surface area contributed by atoms with Crippen molar-refractivity contribution in [2.75, 3.05) is 19.9 Å². The summed E-state index contributed by atoms with van der Waals surface area (Å²) in [5, 5.41) is 8.67. The van der Waals surface area contributed by atoms with Gasteiger partial charge in [0.1, 0.15) is 24.7 Å². The van der Waals surface area contributed by atoms with Crippen LogP contribution in [0.15, 0.2) is 28.8 Å². The van der Waals surface area contributed by atoms with Gasteiger partial charge in [-0.25, -0.2) is 9.79 Å². The molecule has 2 amide bonds. The van der Waals surface area contributed by atoms with Crippen LogP contribution in [0.5, 0.6) is 0 Å².